The molecule has 0 spiro atoms. The third kappa shape index (κ3) is 5.90. The molecule has 1 rings (SSSR count). The molecule has 0 aliphatic heterocycles. The smallest absolute Gasteiger partial charge is 0.0580 e. The van der Waals surface area contributed by atoms with Gasteiger partial charge in [-0.25, -0.2) is 0 Å². The van der Waals surface area contributed by atoms with Crippen LogP contribution < -0.4 is 11.1 Å². The highest BCUT2D eigenvalue weighted by atomic mass is 14.9. The summed E-state index contributed by atoms with van der Waals surface area (Å²) < 4.78 is 0. The van der Waals surface area contributed by atoms with E-state index in [1.807, 2.05) is 44.2 Å². The van der Waals surface area contributed by atoms with Crippen molar-refractivity contribution in [1.29, 1.82) is 0 Å². The molecule has 3 N–H and O–H groups in total. The van der Waals surface area contributed by atoms with Gasteiger partial charge < -0.3 is 11.1 Å². The molecule has 0 aromatic heterocycles. The molecule has 0 unspecified atom stereocenters. The Morgan fingerprint density at radius 1 is 1.27 bits per heavy atom. The molecule has 0 bridgehead atoms. The van der Waals surface area contributed by atoms with Crippen molar-refractivity contribution >= 4 is 0 Å². The first-order valence-corrected chi connectivity index (χ1v) is 5.11. The monoisotopic (exact) mass is 202 g/mol. The summed E-state index contributed by atoms with van der Waals surface area (Å²) in [5, 5.41) is 3.20. The topological polar surface area (TPSA) is 38.0 Å². The highest BCUT2D eigenvalue weighted by molar-refractivity contribution is 5.33. The lowest BCUT2D eigenvalue weighted by atomic mass is 10.1. The van der Waals surface area contributed by atoms with Crippen LogP contribution in [0.25, 0.3) is 0 Å². The number of nitrogens with two attached hydrogens (primary N) is 1. The lowest BCUT2D eigenvalue weighted by molar-refractivity contribution is 0.482. The molecule has 1 aromatic carbocycles. The van der Waals surface area contributed by atoms with Gasteiger partial charge in [0.05, 0.1) is 6.54 Å². The molecular formula is C13H18N2. The fourth-order valence-corrected chi connectivity index (χ4v) is 1.11. The van der Waals surface area contributed by atoms with E-state index in [1.54, 1.807) is 0 Å². The van der Waals surface area contributed by atoms with Crippen LogP contribution in [0.2, 0.25) is 0 Å². The minimum Gasteiger partial charge on any atom is -0.324 e. The second kappa shape index (κ2) is 5.55. The van der Waals surface area contributed by atoms with Crippen molar-refractivity contribution in [2.24, 2.45) is 5.73 Å². The maximum atomic E-state index is 5.82. The lowest BCUT2D eigenvalue weighted by Gasteiger charge is -2.17. The van der Waals surface area contributed by atoms with E-state index < -0.39 is 0 Å². The van der Waals surface area contributed by atoms with Crippen LogP contribution in [0.4, 0.5) is 0 Å². The predicted molar refractivity (Wildman–Crippen MR) is 64.5 cm³/mol. The molecule has 0 saturated heterocycles. The van der Waals surface area contributed by atoms with Gasteiger partial charge in [0.25, 0.3) is 0 Å². The molecule has 2 nitrogen and oxygen atoms in total. The molecule has 80 valence electrons. The fraction of sp³-hybridized carbons (Fsp3) is 0.385. The van der Waals surface area contributed by atoms with Crippen LogP contribution in [-0.2, 0) is 0 Å². The largest absolute Gasteiger partial charge is 0.324 e. The second-order valence-corrected chi connectivity index (χ2v) is 4.26. The van der Waals surface area contributed by atoms with Gasteiger partial charge in [-0.05, 0) is 26.0 Å². The average molecular weight is 202 g/mol. The Hall–Kier alpha value is -1.30. The molecule has 0 aliphatic rings. The predicted octanol–water partition coefficient (Wildman–Crippen LogP) is 1.36. The van der Waals surface area contributed by atoms with Gasteiger partial charge in [-0.15, -0.1) is 0 Å². The molecule has 0 amide bonds. The van der Waals surface area contributed by atoms with Crippen LogP contribution in [0, 0.1) is 11.8 Å². The van der Waals surface area contributed by atoms with Gasteiger partial charge in [-0.2, -0.15) is 0 Å². The Balaban J connectivity index is 2.30. The van der Waals surface area contributed by atoms with E-state index in [9.17, 15) is 0 Å². The number of hydrogen-bond donors (Lipinski definition) is 2. The molecule has 0 saturated carbocycles. The third-order valence-electron chi connectivity index (χ3n) is 1.80. The maximum absolute atomic E-state index is 5.82. The Morgan fingerprint density at radius 3 is 2.53 bits per heavy atom. The van der Waals surface area contributed by atoms with Gasteiger partial charge in [0.1, 0.15) is 0 Å². The first-order chi connectivity index (χ1) is 7.08. The van der Waals surface area contributed by atoms with Gasteiger partial charge in [0.15, 0.2) is 0 Å². The summed E-state index contributed by atoms with van der Waals surface area (Å²) in [5.74, 6) is 6.14. The molecular weight excluding hydrogens is 184 g/mol. The van der Waals surface area contributed by atoms with E-state index in [4.69, 9.17) is 5.73 Å². The van der Waals surface area contributed by atoms with E-state index in [1.165, 1.54) is 0 Å². The zero-order valence-corrected chi connectivity index (χ0v) is 9.38. The van der Waals surface area contributed by atoms with Crippen molar-refractivity contribution < 1.29 is 0 Å². The summed E-state index contributed by atoms with van der Waals surface area (Å²) in [6.07, 6.45) is 0. The number of hydrogen-bond acceptors (Lipinski definition) is 2. The second-order valence-electron chi connectivity index (χ2n) is 4.26. The average Bonchev–Trinajstić information content (AvgIpc) is 2.17. The van der Waals surface area contributed by atoms with Gasteiger partial charge in [0, 0.05) is 17.6 Å². The molecule has 0 atom stereocenters. The summed E-state index contributed by atoms with van der Waals surface area (Å²) in [5.41, 5.74) is 6.69. The van der Waals surface area contributed by atoms with Gasteiger partial charge >= 0.3 is 0 Å². The van der Waals surface area contributed by atoms with Crippen LogP contribution in [-0.4, -0.2) is 18.6 Å². The van der Waals surface area contributed by atoms with Crippen molar-refractivity contribution in [2.75, 3.05) is 13.1 Å². The molecule has 0 fully saturated rings. The van der Waals surface area contributed by atoms with E-state index in [-0.39, 0.29) is 5.54 Å². The molecule has 0 aliphatic carbocycles. The van der Waals surface area contributed by atoms with E-state index >= 15 is 0 Å². The summed E-state index contributed by atoms with van der Waals surface area (Å²) in [4.78, 5) is 0. The quantitative estimate of drug-likeness (QED) is 0.574. The van der Waals surface area contributed by atoms with Gasteiger partial charge in [0.2, 0.25) is 0 Å². The van der Waals surface area contributed by atoms with Crippen LogP contribution in [0.5, 0.6) is 0 Å². The van der Waals surface area contributed by atoms with Crippen molar-refractivity contribution in [3.63, 3.8) is 0 Å². The Morgan fingerprint density at radius 2 is 1.93 bits per heavy atom. The summed E-state index contributed by atoms with van der Waals surface area (Å²) in [6, 6.07) is 9.96. The van der Waals surface area contributed by atoms with Crippen molar-refractivity contribution in [1.82, 2.24) is 5.32 Å². The molecule has 15 heavy (non-hydrogen) atoms. The first-order valence-electron chi connectivity index (χ1n) is 5.11. The van der Waals surface area contributed by atoms with Crippen LogP contribution >= 0.6 is 0 Å². The Bertz CT molecular complexity index is 338. The SMILES string of the molecule is CC(C)(N)CNCC#Cc1ccccc1. The van der Waals surface area contributed by atoms with Crippen LogP contribution in [0.1, 0.15) is 19.4 Å². The Labute approximate surface area is 91.9 Å². The summed E-state index contributed by atoms with van der Waals surface area (Å²) >= 11 is 0. The lowest BCUT2D eigenvalue weighted by Crippen LogP contribution is -2.43. The highest BCUT2D eigenvalue weighted by Crippen LogP contribution is 1.94. The normalized spacial score (nSPS) is 10.6. The summed E-state index contributed by atoms with van der Waals surface area (Å²) in [6.45, 7) is 5.43. The molecule has 0 radical (unpaired) electrons. The fourth-order valence-electron chi connectivity index (χ4n) is 1.11. The summed E-state index contributed by atoms with van der Waals surface area (Å²) in [7, 11) is 0. The van der Waals surface area contributed by atoms with Crippen molar-refractivity contribution in [3.05, 3.63) is 35.9 Å². The minimum absolute atomic E-state index is 0.172. The standard InChI is InChI=1S/C13H18N2/c1-13(2,14)11-15-10-6-9-12-7-4-3-5-8-12/h3-5,7-8,15H,10-11,14H2,1-2H3. The Kier molecular flexibility index (Phi) is 4.36. The number of benzene rings is 1. The number of rotatable bonds is 3. The maximum Gasteiger partial charge on any atom is 0.0580 e. The van der Waals surface area contributed by atoms with Gasteiger partial charge in [-0.3, -0.25) is 0 Å². The van der Waals surface area contributed by atoms with Crippen molar-refractivity contribution in [2.45, 2.75) is 19.4 Å². The number of nitrogens with one attached hydrogen (secondary N) is 1. The third-order valence-corrected chi connectivity index (χ3v) is 1.80. The van der Waals surface area contributed by atoms with Crippen LogP contribution in [0.3, 0.4) is 0 Å². The van der Waals surface area contributed by atoms with E-state index in [0.29, 0.717) is 6.54 Å². The zero-order chi connectivity index (χ0) is 11.1. The van der Waals surface area contributed by atoms with E-state index in [0.717, 1.165) is 12.1 Å². The highest BCUT2D eigenvalue weighted by Gasteiger charge is 2.07. The molecule has 2 heteroatoms. The zero-order valence-electron chi connectivity index (χ0n) is 9.38. The first kappa shape index (κ1) is 11.8. The van der Waals surface area contributed by atoms with Crippen molar-refractivity contribution in [3.8, 4) is 11.8 Å². The van der Waals surface area contributed by atoms with E-state index in [2.05, 4.69) is 17.2 Å². The van der Waals surface area contributed by atoms with Crippen LogP contribution in [0.15, 0.2) is 30.3 Å². The van der Waals surface area contributed by atoms with Gasteiger partial charge in [-0.1, -0.05) is 30.0 Å². The molecule has 0 heterocycles. The minimum atomic E-state index is -0.172. The molecule has 1 aromatic rings.